The van der Waals surface area contributed by atoms with Crippen LogP contribution in [0.25, 0.3) is 0 Å². The summed E-state index contributed by atoms with van der Waals surface area (Å²) in [5.74, 6) is -0.692. The standard InChI is InChI=1S/C19H26N2O6S/c1-12-4-5-15(11-17(12)28(24,25)21-6-8-26-9-7-21)20-18(22)14(3)27-19(23)16-10-13(16)2/h4-5,11,13-14,16H,6-10H2,1-3H3,(H,20,22)/t13-,14-,16+/m0/s1. The van der Waals surface area contributed by atoms with Crippen LogP contribution in [0.3, 0.4) is 0 Å². The summed E-state index contributed by atoms with van der Waals surface area (Å²) in [5.41, 5.74) is 0.928. The molecule has 154 valence electrons. The molecule has 2 fully saturated rings. The lowest BCUT2D eigenvalue weighted by Gasteiger charge is -2.27. The third-order valence-electron chi connectivity index (χ3n) is 5.12. The average Bonchev–Trinajstić information content (AvgIpc) is 3.40. The molecule has 0 spiro atoms. The molecule has 1 aliphatic carbocycles. The van der Waals surface area contributed by atoms with Crippen molar-refractivity contribution in [2.45, 2.75) is 38.2 Å². The lowest BCUT2D eigenvalue weighted by atomic mass is 10.2. The molecule has 28 heavy (non-hydrogen) atoms. The average molecular weight is 410 g/mol. The molecule has 0 unspecified atom stereocenters. The maximum absolute atomic E-state index is 12.9. The van der Waals surface area contributed by atoms with Crippen LogP contribution in [0.4, 0.5) is 5.69 Å². The molecule has 0 radical (unpaired) electrons. The normalized spacial score (nSPS) is 23.7. The number of benzene rings is 1. The van der Waals surface area contributed by atoms with E-state index in [9.17, 15) is 18.0 Å². The quantitative estimate of drug-likeness (QED) is 0.714. The maximum atomic E-state index is 12.9. The van der Waals surface area contributed by atoms with Crippen molar-refractivity contribution in [1.29, 1.82) is 0 Å². The Labute approximate surface area is 165 Å². The largest absolute Gasteiger partial charge is 0.452 e. The number of hydrogen-bond donors (Lipinski definition) is 1. The summed E-state index contributed by atoms with van der Waals surface area (Å²) in [6, 6.07) is 4.71. The molecule has 1 aromatic carbocycles. The van der Waals surface area contributed by atoms with Gasteiger partial charge in [0.1, 0.15) is 0 Å². The van der Waals surface area contributed by atoms with Gasteiger partial charge in [-0.05, 0) is 43.9 Å². The zero-order valence-corrected chi connectivity index (χ0v) is 17.1. The maximum Gasteiger partial charge on any atom is 0.309 e. The number of esters is 1. The minimum absolute atomic E-state index is 0.125. The van der Waals surface area contributed by atoms with E-state index in [1.165, 1.54) is 17.3 Å². The van der Waals surface area contributed by atoms with Crippen LogP contribution in [0.5, 0.6) is 0 Å². The van der Waals surface area contributed by atoms with Crippen molar-refractivity contribution in [1.82, 2.24) is 4.31 Å². The fourth-order valence-electron chi connectivity index (χ4n) is 3.09. The molecular formula is C19H26N2O6S. The summed E-state index contributed by atoms with van der Waals surface area (Å²) < 4.78 is 37.7. The highest BCUT2D eigenvalue weighted by Gasteiger charge is 2.41. The van der Waals surface area contributed by atoms with Crippen LogP contribution >= 0.6 is 0 Å². The van der Waals surface area contributed by atoms with Crippen molar-refractivity contribution in [3.05, 3.63) is 23.8 Å². The van der Waals surface area contributed by atoms with Crippen LogP contribution in [0, 0.1) is 18.8 Å². The Morgan fingerprint density at radius 3 is 2.54 bits per heavy atom. The van der Waals surface area contributed by atoms with E-state index in [1.807, 2.05) is 6.92 Å². The highest BCUT2D eigenvalue weighted by atomic mass is 32.2. The summed E-state index contributed by atoms with van der Waals surface area (Å²) in [6.07, 6.45) is -0.172. The van der Waals surface area contributed by atoms with Crippen molar-refractivity contribution in [3.8, 4) is 0 Å². The Kier molecular flexibility index (Phi) is 6.07. The van der Waals surface area contributed by atoms with Crippen LogP contribution in [0.1, 0.15) is 25.8 Å². The van der Waals surface area contributed by atoms with E-state index in [0.29, 0.717) is 43.5 Å². The number of aryl methyl sites for hydroxylation is 1. The first kappa shape index (κ1) is 20.8. The Bertz CT molecular complexity index is 863. The molecular weight excluding hydrogens is 384 g/mol. The predicted molar refractivity (Wildman–Crippen MR) is 102 cm³/mol. The Morgan fingerprint density at radius 2 is 1.93 bits per heavy atom. The molecule has 3 atom stereocenters. The second kappa shape index (κ2) is 8.18. The van der Waals surface area contributed by atoms with Gasteiger partial charge in [-0.2, -0.15) is 4.31 Å². The molecule has 8 nitrogen and oxygen atoms in total. The first-order valence-electron chi connectivity index (χ1n) is 9.40. The van der Waals surface area contributed by atoms with Gasteiger partial charge >= 0.3 is 5.97 Å². The number of anilines is 1. The van der Waals surface area contributed by atoms with Gasteiger partial charge in [0, 0.05) is 18.8 Å². The summed E-state index contributed by atoms with van der Waals surface area (Å²) in [4.78, 5) is 24.4. The molecule has 1 aliphatic heterocycles. The third-order valence-corrected chi connectivity index (χ3v) is 7.16. The van der Waals surface area contributed by atoms with Crippen LogP contribution in [-0.4, -0.2) is 57.0 Å². The molecule has 9 heteroatoms. The predicted octanol–water partition coefficient (Wildman–Crippen LogP) is 1.54. The first-order chi connectivity index (χ1) is 13.2. The molecule has 1 saturated heterocycles. The highest BCUT2D eigenvalue weighted by molar-refractivity contribution is 7.89. The topological polar surface area (TPSA) is 102 Å². The number of nitrogens with one attached hydrogen (secondary N) is 1. The van der Waals surface area contributed by atoms with Crippen molar-refractivity contribution >= 4 is 27.6 Å². The van der Waals surface area contributed by atoms with Gasteiger partial charge in [-0.1, -0.05) is 13.0 Å². The summed E-state index contributed by atoms with van der Waals surface area (Å²) in [5, 5.41) is 2.64. The highest BCUT2D eigenvalue weighted by Crippen LogP contribution is 2.38. The Balaban J connectivity index is 1.70. The van der Waals surface area contributed by atoms with Gasteiger partial charge < -0.3 is 14.8 Å². The van der Waals surface area contributed by atoms with E-state index in [2.05, 4.69) is 5.32 Å². The van der Waals surface area contributed by atoms with Gasteiger partial charge in [-0.3, -0.25) is 9.59 Å². The van der Waals surface area contributed by atoms with Crippen molar-refractivity contribution in [3.63, 3.8) is 0 Å². The summed E-state index contributed by atoms with van der Waals surface area (Å²) >= 11 is 0. The minimum atomic E-state index is -3.68. The molecule has 1 heterocycles. The number of hydrogen-bond acceptors (Lipinski definition) is 6. The van der Waals surface area contributed by atoms with E-state index in [0.717, 1.165) is 6.42 Å². The number of carbonyl (C=O) groups excluding carboxylic acids is 2. The zero-order valence-electron chi connectivity index (χ0n) is 16.3. The smallest absolute Gasteiger partial charge is 0.309 e. The summed E-state index contributed by atoms with van der Waals surface area (Å²) in [6.45, 7) is 6.48. The molecule has 1 N–H and O–H groups in total. The lowest BCUT2D eigenvalue weighted by molar-refractivity contribution is -0.154. The molecule has 1 saturated carbocycles. The second-order valence-corrected chi connectivity index (χ2v) is 9.29. The van der Waals surface area contributed by atoms with Gasteiger partial charge in [0.2, 0.25) is 10.0 Å². The van der Waals surface area contributed by atoms with Crippen molar-refractivity contribution < 1.29 is 27.5 Å². The minimum Gasteiger partial charge on any atom is -0.452 e. The third kappa shape index (κ3) is 4.53. The van der Waals surface area contributed by atoms with Crippen LogP contribution in [0.2, 0.25) is 0 Å². The van der Waals surface area contributed by atoms with Gasteiger partial charge in [-0.25, -0.2) is 8.42 Å². The fraction of sp³-hybridized carbons (Fsp3) is 0.579. The first-order valence-corrected chi connectivity index (χ1v) is 10.8. The van der Waals surface area contributed by atoms with Crippen molar-refractivity contribution in [2.75, 3.05) is 31.6 Å². The van der Waals surface area contributed by atoms with E-state index < -0.39 is 22.0 Å². The lowest BCUT2D eigenvalue weighted by Crippen LogP contribution is -2.40. The Hall–Kier alpha value is -1.97. The van der Waals surface area contributed by atoms with E-state index in [4.69, 9.17) is 9.47 Å². The van der Waals surface area contributed by atoms with Gasteiger partial charge in [0.05, 0.1) is 24.0 Å². The fourth-order valence-corrected chi connectivity index (χ4v) is 4.75. The number of morpholine rings is 1. The van der Waals surface area contributed by atoms with Crippen molar-refractivity contribution in [2.24, 2.45) is 11.8 Å². The monoisotopic (exact) mass is 410 g/mol. The van der Waals surface area contributed by atoms with Crippen LogP contribution in [-0.2, 0) is 29.1 Å². The molecule has 0 aromatic heterocycles. The van der Waals surface area contributed by atoms with Crippen LogP contribution in [0.15, 0.2) is 23.1 Å². The van der Waals surface area contributed by atoms with Gasteiger partial charge in [-0.15, -0.1) is 0 Å². The number of nitrogens with zero attached hydrogens (tertiary/aromatic N) is 1. The van der Waals surface area contributed by atoms with E-state index in [-0.39, 0.29) is 16.8 Å². The second-order valence-electron chi connectivity index (χ2n) is 7.38. The van der Waals surface area contributed by atoms with E-state index >= 15 is 0 Å². The number of amides is 1. The van der Waals surface area contributed by atoms with Gasteiger partial charge in [0.15, 0.2) is 6.10 Å². The van der Waals surface area contributed by atoms with Gasteiger partial charge in [0.25, 0.3) is 5.91 Å². The zero-order chi connectivity index (χ0) is 20.5. The number of rotatable bonds is 6. The van der Waals surface area contributed by atoms with Crippen LogP contribution < -0.4 is 5.32 Å². The number of carbonyl (C=O) groups is 2. The number of ether oxygens (including phenoxy) is 2. The Morgan fingerprint density at radius 1 is 1.29 bits per heavy atom. The number of sulfonamides is 1. The molecule has 0 bridgehead atoms. The SMILES string of the molecule is Cc1ccc(NC(=O)[C@H](C)OC(=O)[C@@H]2C[C@@H]2C)cc1S(=O)(=O)N1CCOCC1. The molecule has 2 aliphatic rings. The molecule has 1 amide bonds. The van der Waals surface area contributed by atoms with E-state index in [1.54, 1.807) is 19.1 Å². The molecule has 1 aromatic rings. The summed E-state index contributed by atoms with van der Waals surface area (Å²) in [7, 11) is -3.68. The molecule has 3 rings (SSSR count).